The molecule has 0 radical (unpaired) electrons. The first-order valence-electron chi connectivity index (χ1n) is 14.3. The van der Waals surface area contributed by atoms with E-state index in [9.17, 15) is 14.4 Å². The first-order valence-corrected chi connectivity index (χ1v) is 14.3. The van der Waals surface area contributed by atoms with E-state index < -0.39 is 0 Å². The van der Waals surface area contributed by atoms with Gasteiger partial charge in [-0.15, -0.1) is 0 Å². The normalized spacial score (nSPS) is 16.6. The summed E-state index contributed by atoms with van der Waals surface area (Å²) in [5, 5.41) is 6.45. The zero-order valence-corrected chi connectivity index (χ0v) is 24.3. The van der Waals surface area contributed by atoms with Gasteiger partial charge in [-0.3, -0.25) is 14.4 Å². The Bertz CT molecular complexity index is 1200. The molecule has 4 rings (SSSR count). The number of anilines is 2. The van der Waals surface area contributed by atoms with Crippen LogP contribution in [0, 0.1) is 5.41 Å². The molecule has 2 N–H and O–H groups in total. The number of methoxy groups -OCH3 is 1. The second-order valence-corrected chi connectivity index (χ2v) is 11.8. The predicted molar refractivity (Wildman–Crippen MR) is 158 cm³/mol. The Morgan fingerprint density at radius 3 is 2.33 bits per heavy atom. The number of carbonyl (C=O) groups is 3. The van der Waals surface area contributed by atoms with Crippen molar-refractivity contribution in [3.05, 3.63) is 53.6 Å². The van der Waals surface area contributed by atoms with Gasteiger partial charge in [0.1, 0.15) is 5.75 Å². The first-order chi connectivity index (χ1) is 19.1. The molecule has 2 aliphatic rings. The van der Waals surface area contributed by atoms with Crippen molar-refractivity contribution in [1.82, 2.24) is 15.1 Å². The van der Waals surface area contributed by atoms with Crippen molar-refractivity contribution >= 4 is 29.1 Å². The topological polar surface area (TPSA) is 94.2 Å². The van der Waals surface area contributed by atoms with Crippen LogP contribution in [-0.2, 0) is 4.79 Å². The molecule has 2 heterocycles. The second kappa shape index (κ2) is 13.2. The fourth-order valence-electron chi connectivity index (χ4n) is 5.25. The molecular weight excluding hydrogens is 506 g/mol. The molecule has 2 saturated heterocycles. The predicted octanol–water partition coefficient (Wildman–Crippen LogP) is 3.86. The van der Waals surface area contributed by atoms with Crippen LogP contribution in [0.1, 0.15) is 60.7 Å². The Kier molecular flexibility index (Phi) is 9.68. The molecular formula is C31H43N5O4. The third-order valence-electron chi connectivity index (χ3n) is 7.28. The smallest absolute Gasteiger partial charge is 0.254 e. The molecule has 0 atom stereocenters. The summed E-state index contributed by atoms with van der Waals surface area (Å²) < 4.78 is 5.29. The minimum absolute atomic E-state index is 0.0208. The Labute approximate surface area is 237 Å². The molecule has 0 saturated carbocycles. The van der Waals surface area contributed by atoms with Crippen LogP contribution in [0.2, 0.25) is 0 Å². The summed E-state index contributed by atoms with van der Waals surface area (Å²) in [5.41, 5.74) is 2.52. The molecule has 2 aromatic carbocycles. The summed E-state index contributed by atoms with van der Waals surface area (Å²) in [6, 6.07) is 12.9. The number of hydrogen-bond acceptors (Lipinski definition) is 6. The van der Waals surface area contributed by atoms with Crippen LogP contribution >= 0.6 is 0 Å². The van der Waals surface area contributed by atoms with Gasteiger partial charge >= 0.3 is 0 Å². The van der Waals surface area contributed by atoms with Gasteiger partial charge in [0.15, 0.2) is 0 Å². The van der Waals surface area contributed by atoms with Crippen LogP contribution < -0.4 is 20.3 Å². The SMILES string of the molecule is COc1cccc(C(=O)N2CCCN(c3ccc(C(=O)N4CCCNCC4)cc3NC(=O)CC(C)(C)C)CC2)c1. The average Bonchev–Trinajstić information content (AvgIpc) is 3.35. The number of amides is 3. The Morgan fingerprint density at radius 1 is 0.850 bits per heavy atom. The van der Waals surface area contributed by atoms with E-state index >= 15 is 0 Å². The molecule has 40 heavy (non-hydrogen) atoms. The highest BCUT2D eigenvalue weighted by molar-refractivity contribution is 6.00. The van der Waals surface area contributed by atoms with Crippen molar-refractivity contribution in [2.45, 2.75) is 40.0 Å². The van der Waals surface area contributed by atoms with Crippen LogP contribution in [0.15, 0.2) is 42.5 Å². The first kappa shape index (κ1) is 29.4. The zero-order chi connectivity index (χ0) is 28.7. The van der Waals surface area contributed by atoms with E-state index in [1.165, 1.54) is 0 Å². The van der Waals surface area contributed by atoms with Crippen LogP contribution in [0.25, 0.3) is 0 Å². The van der Waals surface area contributed by atoms with Crippen LogP contribution in [0.4, 0.5) is 11.4 Å². The van der Waals surface area contributed by atoms with Crippen molar-refractivity contribution in [3.63, 3.8) is 0 Å². The third-order valence-corrected chi connectivity index (χ3v) is 7.28. The fourth-order valence-corrected chi connectivity index (χ4v) is 5.25. The van der Waals surface area contributed by atoms with Crippen LogP contribution in [-0.4, -0.2) is 87.0 Å². The quantitative estimate of drug-likeness (QED) is 0.569. The van der Waals surface area contributed by atoms with Crippen LogP contribution in [0.3, 0.4) is 0 Å². The van der Waals surface area contributed by atoms with E-state index in [1.54, 1.807) is 13.2 Å². The number of nitrogens with one attached hydrogen (secondary N) is 2. The van der Waals surface area contributed by atoms with Gasteiger partial charge in [0.05, 0.1) is 18.5 Å². The average molecular weight is 550 g/mol. The third kappa shape index (κ3) is 7.75. The van der Waals surface area contributed by atoms with E-state index in [0.717, 1.165) is 38.2 Å². The number of carbonyl (C=O) groups excluding carboxylic acids is 3. The second-order valence-electron chi connectivity index (χ2n) is 11.8. The van der Waals surface area contributed by atoms with Crippen molar-refractivity contribution in [3.8, 4) is 5.75 Å². The van der Waals surface area contributed by atoms with Crippen molar-refractivity contribution < 1.29 is 19.1 Å². The standard InChI is InChI=1S/C31H43N5O4/c1-31(2,3)22-28(37)33-26-21-24(30(39)35-14-6-12-32-13-17-35)10-11-27(26)34-15-7-16-36(19-18-34)29(38)23-8-5-9-25(20-23)40-4/h5,8-11,20-21,32H,6-7,12-19,22H2,1-4H3,(H,33,37). The Hall–Kier alpha value is -3.59. The molecule has 9 nitrogen and oxygen atoms in total. The van der Waals surface area contributed by atoms with Crippen molar-refractivity contribution in [2.24, 2.45) is 5.41 Å². The molecule has 2 aliphatic heterocycles. The summed E-state index contributed by atoms with van der Waals surface area (Å²) >= 11 is 0. The molecule has 0 spiro atoms. The van der Waals surface area contributed by atoms with E-state index in [1.807, 2.05) is 67.0 Å². The van der Waals surface area contributed by atoms with E-state index in [2.05, 4.69) is 15.5 Å². The molecule has 2 aromatic rings. The van der Waals surface area contributed by atoms with E-state index in [-0.39, 0.29) is 23.1 Å². The lowest BCUT2D eigenvalue weighted by molar-refractivity contribution is -0.117. The fraction of sp³-hybridized carbons (Fsp3) is 0.516. The lowest BCUT2D eigenvalue weighted by Gasteiger charge is -2.28. The molecule has 0 aromatic heterocycles. The summed E-state index contributed by atoms with van der Waals surface area (Å²) in [6.07, 6.45) is 2.07. The van der Waals surface area contributed by atoms with Gasteiger partial charge < -0.3 is 30.1 Å². The zero-order valence-electron chi connectivity index (χ0n) is 24.3. The summed E-state index contributed by atoms with van der Waals surface area (Å²) in [4.78, 5) is 45.6. The number of ether oxygens (including phenoxy) is 1. The molecule has 0 unspecified atom stereocenters. The minimum Gasteiger partial charge on any atom is -0.497 e. The molecule has 0 bridgehead atoms. The monoisotopic (exact) mass is 549 g/mol. The molecule has 2 fully saturated rings. The number of rotatable bonds is 6. The molecule has 3 amide bonds. The van der Waals surface area contributed by atoms with Gasteiger partial charge in [0.25, 0.3) is 11.8 Å². The van der Waals surface area contributed by atoms with Gasteiger partial charge in [-0.1, -0.05) is 26.8 Å². The van der Waals surface area contributed by atoms with Gasteiger partial charge in [-0.25, -0.2) is 0 Å². The van der Waals surface area contributed by atoms with E-state index in [4.69, 9.17) is 4.74 Å². The highest BCUT2D eigenvalue weighted by atomic mass is 16.5. The molecule has 216 valence electrons. The van der Waals surface area contributed by atoms with E-state index in [0.29, 0.717) is 61.7 Å². The highest BCUT2D eigenvalue weighted by Gasteiger charge is 2.25. The van der Waals surface area contributed by atoms with Gasteiger partial charge in [0, 0.05) is 63.4 Å². The Morgan fingerprint density at radius 2 is 1.57 bits per heavy atom. The number of nitrogens with zero attached hydrogens (tertiary/aromatic N) is 3. The van der Waals surface area contributed by atoms with Gasteiger partial charge in [0.2, 0.25) is 5.91 Å². The van der Waals surface area contributed by atoms with Crippen molar-refractivity contribution in [1.29, 1.82) is 0 Å². The highest BCUT2D eigenvalue weighted by Crippen LogP contribution is 2.30. The van der Waals surface area contributed by atoms with Gasteiger partial charge in [-0.2, -0.15) is 0 Å². The summed E-state index contributed by atoms with van der Waals surface area (Å²) in [7, 11) is 1.59. The lowest BCUT2D eigenvalue weighted by atomic mass is 9.92. The molecule has 0 aliphatic carbocycles. The maximum atomic E-state index is 13.4. The van der Waals surface area contributed by atoms with Crippen LogP contribution in [0.5, 0.6) is 5.75 Å². The largest absolute Gasteiger partial charge is 0.497 e. The summed E-state index contributed by atoms with van der Waals surface area (Å²) in [6.45, 7) is 11.7. The maximum Gasteiger partial charge on any atom is 0.254 e. The number of benzene rings is 2. The van der Waals surface area contributed by atoms with Crippen molar-refractivity contribution in [2.75, 3.05) is 69.7 Å². The maximum absolute atomic E-state index is 13.4. The summed E-state index contributed by atoms with van der Waals surface area (Å²) in [5.74, 6) is 0.533. The molecule has 9 heteroatoms. The Balaban J connectivity index is 1.55. The van der Waals surface area contributed by atoms with Gasteiger partial charge in [-0.05, 0) is 61.2 Å². The number of hydrogen-bond donors (Lipinski definition) is 2. The lowest BCUT2D eigenvalue weighted by Crippen LogP contribution is -2.36. The minimum atomic E-state index is -0.166.